The van der Waals surface area contributed by atoms with Crippen molar-refractivity contribution in [2.45, 2.75) is 6.18 Å². The lowest BCUT2D eigenvalue weighted by Gasteiger charge is -2.06. The summed E-state index contributed by atoms with van der Waals surface area (Å²) in [5.74, 6) is -2.01. The molecule has 0 atom stereocenters. The molecule has 0 fully saturated rings. The van der Waals surface area contributed by atoms with Crippen molar-refractivity contribution in [2.75, 3.05) is 0 Å². The molecule has 1 rings (SSSR count). The number of benzene rings is 1. The summed E-state index contributed by atoms with van der Waals surface area (Å²) in [6.45, 7) is 0. The Bertz CT molecular complexity index is 421. The first kappa shape index (κ1) is 12.6. The summed E-state index contributed by atoms with van der Waals surface area (Å²) in [6, 6.07) is 5.36. The summed E-state index contributed by atoms with van der Waals surface area (Å²) >= 11 is 5.54. The van der Waals surface area contributed by atoms with Crippen molar-refractivity contribution in [1.82, 2.24) is 0 Å². The summed E-state index contributed by atoms with van der Waals surface area (Å²) < 4.78 is 36.8. The molecule has 0 aliphatic rings. The fraction of sp³-hybridized carbons (Fsp3) is 0.100. The van der Waals surface area contributed by atoms with E-state index in [4.69, 9.17) is 16.7 Å². The second-order valence-electron chi connectivity index (χ2n) is 2.91. The van der Waals surface area contributed by atoms with Crippen LogP contribution in [0.1, 0.15) is 5.56 Å². The zero-order valence-corrected chi connectivity index (χ0v) is 8.51. The summed E-state index contributed by atoms with van der Waals surface area (Å²) in [6.07, 6.45) is -4.33. The number of carboxylic acid groups (broad SMARTS) is 1. The molecule has 86 valence electrons. The Kier molecular flexibility index (Phi) is 3.59. The van der Waals surface area contributed by atoms with Gasteiger partial charge in [0.25, 0.3) is 0 Å². The van der Waals surface area contributed by atoms with Gasteiger partial charge in [-0.1, -0.05) is 23.7 Å². The van der Waals surface area contributed by atoms with Gasteiger partial charge in [0.1, 0.15) is 5.57 Å². The third-order valence-corrected chi connectivity index (χ3v) is 1.97. The van der Waals surface area contributed by atoms with Crippen LogP contribution in [0.5, 0.6) is 0 Å². The van der Waals surface area contributed by atoms with Gasteiger partial charge in [-0.2, -0.15) is 13.2 Å². The molecule has 0 amide bonds. The number of rotatable bonds is 2. The molecule has 1 aromatic carbocycles. The van der Waals surface area contributed by atoms with E-state index in [0.717, 1.165) is 0 Å². The van der Waals surface area contributed by atoms with Gasteiger partial charge in [0.2, 0.25) is 0 Å². The van der Waals surface area contributed by atoms with Gasteiger partial charge < -0.3 is 5.11 Å². The summed E-state index contributed by atoms with van der Waals surface area (Å²) in [5.41, 5.74) is -1.49. The Morgan fingerprint density at radius 1 is 1.25 bits per heavy atom. The first-order valence-corrected chi connectivity index (χ1v) is 4.46. The summed E-state index contributed by atoms with van der Waals surface area (Å²) in [7, 11) is 0. The number of carbonyl (C=O) groups is 1. The minimum Gasteiger partial charge on any atom is -0.478 e. The molecule has 6 heteroatoms. The molecule has 16 heavy (non-hydrogen) atoms. The third kappa shape index (κ3) is 3.27. The lowest BCUT2D eigenvalue weighted by Crippen LogP contribution is -2.19. The van der Waals surface area contributed by atoms with Crippen LogP contribution < -0.4 is 0 Å². The zero-order valence-electron chi connectivity index (χ0n) is 7.75. The molecule has 1 aromatic rings. The fourth-order valence-electron chi connectivity index (χ4n) is 0.990. The normalized spacial score (nSPS) is 12.6. The highest BCUT2D eigenvalue weighted by Gasteiger charge is 2.38. The highest BCUT2D eigenvalue weighted by atomic mass is 35.5. The van der Waals surface area contributed by atoms with Crippen molar-refractivity contribution in [2.24, 2.45) is 0 Å². The largest absolute Gasteiger partial charge is 0.478 e. The Balaban J connectivity index is 3.13. The van der Waals surface area contributed by atoms with Crippen LogP contribution in [0.3, 0.4) is 0 Å². The summed E-state index contributed by atoms with van der Waals surface area (Å²) in [5, 5.41) is 8.77. The zero-order chi connectivity index (χ0) is 12.3. The highest BCUT2D eigenvalue weighted by Crippen LogP contribution is 2.27. The van der Waals surface area contributed by atoms with Crippen molar-refractivity contribution in [1.29, 1.82) is 0 Å². The molecule has 1 N–H and O–H groups in total. The topological polar surface area (TPSA) is 37.3 Å². The van der Waals surface area contributed by atoms with Gasteiger partial charge in [-0.25, -0.2) is 4.79 Å². The maximum absolute atomic E-state index is 12.3. The van der Waals surface area contributed by atoms with E-state index in [1.807, 2.05) is 0 Å². The van der Waals surface area contributed by atoms with Gasteiger partial charge in [0, 0.05) is 5.02 Å². The fourth-order valence-corrected chi connectivity index (χ4v) is 1.12. The van der Waals surface area contributed by atoms with E-state index in [1.165, 1.54) is 24.3 Å². The summed E-state index contributed by atoms with van der Waals surface area (Å²) in [4.78, 5) is 10.4. The number of hydrogen-bond donors (Lipinski definition) is 1. The lowest BCUT2D eigenvalue weighted by molar-refractivity contribution is -0.144. The van der Waals surface area contributed by atoms with Crippen molar-refractivity contribution < 1.29 is 23.1 Å². The minimum absolute atomic E-state index is 0.124. The number of alkyl halides is 3. The van der Waals surface area contributed by atoms with Crippen molar-refractivity contribution in [3.8, 4) is 0 Å². The number of aliphatic carboxylic acids is 1. The highest BCUT2D eigenvalue weighted by molar-refractivity contribution is 6.30. The predicted molar refractivity (Wildman–Crippen MR) is 53.1 cm³/mol. The van der Waals surface area contributed by atoms with Crippen molar-refractivity contribution in [3.05, 3.63) is 40.4 Å². The molecule has 2 nitrogen and oxygen atoms in total. The van der Waals surface area contributed by atoms with Gasteiger partial charge >= 0.3 is 12.1 Å². The maximum Gasteiger partial charge on any atom is 0.423 e. The maximum atomic E-state index is 12.3. The molecular weight excluding hydrogens is 245 g/mol. The average Bonchev–Trinajstić information content (AvgIpc) is 2.14. The molecule has 0 saturated carbocycles. The van der Waals surface area contributed by atoms with Crippen LogP contribution >= 0.6 is 11.6 Å². The van der Waals surface area contributed by atoms with E-state index in [1.54, 1.807) is 0 Å². The van der Waals surface area contributed by atoms with Gasteiger partial charge in [0.05, 0.1) is 0 Å². The molecule has 0 bridgehead atoms. The second kappa shape index (κ2) is 4.57. The smallest absolute Gasteiger partial charge is 0.423 e. The van der Waals surface area contributed by atoms with Crippen LogP contribution in [0, 0.1) is 0 Å². The SMILES string of the molecule is O=C(O)/C(=C\c1ccc(Cl)cc1)C(F)(F)F. The number of carboxylic acids is 1. The van der Waals surface area contributed by atoms with Crippen LogP contribution in [0.25, 0.3) is 6.08 Å². The first-order chi connectivity index (χ1) is 7.30. The van der Waals surface area contributed by atoms with Gasteiger partial charge in [0.15, 0.2) is 0 Å². The van der Waals surface area contributed by atoms with E-state index in [-0.39, 0.29) is 5.56 Å². The molecule has 0 aliphatic carbocycles. The number of hydrogen-bond acceptors (Lipinski definition) is 1. The van der Waals surface area contributed by atoms with Crippen LogP contribution in [-0.4, -0.2) is 17.3 Å². The first-order valence-electron chi connectivity index (χ1n) is 4.08. The number of halogens is 4. The average molecular weight is 251 g/mol. The predicted octanol–water partition coefficient (Wildman–Crippen LogP) is 3.37. The third-order valence-electron chi connectivity index (χ3n) is 1.72. The Labute approximate surface area is 94.0 Å². The van der Waals surface area contributed by atoms with Gasteiger partial charge in [-0.3, -0.25) is 0 Å². The Hall–Kier alpha value is -1.49. The second-order valence-corrected chi connectivity index (χ2v) is 3.35. The Morgan fingerprint density at radius 3 is 2.12 bits per heavy atom. The van der Waals surface area contributed by atoms with Crippen LogP contribution in [0.2, 0.25) is 5.02 Å². The van der Waals surface area contributed by atoms with Gasteiger partial charge in [-0.05, 0) is 23.8 Å². The molecule has 0 aromatic heterocycles. The van der Waals surface area contributed by atoms with E-state index in [9.17, 15) is 18.0 Å². The van der Waals surface area contributed by atoms with Crippen molar-refractivity contribution >= 4 is 23.6 Å². The Morgan fingerprint density at radius 2 is 1.75 bits per heavy atom. The molecule has 0 heterocycles. The molecular formula is C10H6ClF3O2. The van der Waals surface area contributed by atoms with Crippen LogP contribution in [0.4, 0.5) is 13.2 Å². The molecule has 0 aliphatic heterocycles. The molecule has 0 saturated heterocycles. The lowest BCUT2D eigenvalue weighted by atomic mass is 10.1. The van der Waals surface area contributed by atoms with Crippen molar-refractivity contribution in [3.63, 3.8) is 0 Å². The van der Waals surface area contributed by atoms with E-state index in [0.29, 0.717) is 11.1 Å². The van der Waals surface area contributed by atoms with E-state index >= 15 is 0 Å². The van der Waals surface area contributed by atoms with E-state index < -0.39 is 17.7 Å². The van der Waals surface area contributed by atoms with Crippen LogP contribution in [-0.2, 0) is 4.79 Å². The van der Waals surface area contributed by atoms with Gasteiger partial charge in [-0.15, -0.1) is 0 Å². The van der Waals surface area contributed by atoms with Crippen LogP contribution in [0.15, 0.2) is 29.8 Å². The van der Waals surface area contributed by atoms with E-state index in [2.05, 4.69) is 0 Å². The quantitative estimate of drug-likeness (QED) is 0.817. The monoisotopic (exact) mass is 250 g/mol. The molecule has 0 radical (unpaired) electrons. The minimum atomic E-state index is -4.88. The molecule has 0 spiro atoms. The standard InChI is InChI=1S/C10H6ClF3O2/c11-7-3-1-6(2-4-7)5-8(9(15)16)10(12,13)14/h1-5H,(H,15,16)/b8-5+. The molecule has 0 unspecified atom stereocenters.